The molecule has 3 aliphatic carbocycles. The third kappa shape index (κ3) is 1.76. The smallest absolute Gasteiger partial charge is 0.238 e. The first-order valence-corrected chi connectivity index (χ1v) is 8.00. The Morgan fingerprint density at radius 3 is 2.18 bits per heavy atom. The largest absolute Gasteiger partial charge is 0.492 e. The number of allylic oxidation sites excluding steroid dienone is 2. The van der Waals surface area contributed by atoms with Crippen molar-refractivity contribution in [1.82, 2.24) is 0 Å². The highest BCUT2D eigenvalue weighted by atomic mass is 16.5. The second-order valence-corrected chi connectivity index (χ2v) is 6.25. The zero-order valence-electron chi connectivity index (χ0n) is 12.6. The summed E-state index contributed by atoms with van der Waals surface area (Å²) in [6.07, 6.45) is 6.31. The number of benzene rings is 1. The van der Waals surface area contributed by atoms with Gasteiger partial charge in [0.15, 0.2) is 0 Å². The second kappa shape index (κ2) is 4.97. The first kappa shape index (κ1) is 13.6. The molecule has 0 radical (unpaired) electrons. The van der Waals surface area contributed by atoms with Crippen LogP contribution in [0.3, 0.4) is 0 Å². The lowest BCUT2D eigenvalue weighted by molar-refractivity contribution is -0.124. The summed E-state index contributed by atoms with van der Waals surface area (Å²) in [6.45, 7) is 2.40. The Bertz CT molecular complexity index is 634. The van der Waals surface area contributed by atoms with E-state index in [0.29, 0.717) is 18.0 Å². The van der Waals surface area contributed by atoms with Crippen LogP contribution in [0.1, 0.15) is 19.8 Å². The molecule has 0 N–H and O–H groups in total. The van der Waals surface area contributed by atoms with Crippen LogP contribution in [0, 0.1) is 23.7 Å². The van der Waals surface area contributed by atoms with E-state index in [1.165, 1.54) is 4.90 Å². The van der Waals surface area contributed by atoms with E-state index >= 15 is 0 Å². The van der Waals surface area contributed by atoms with Crippen molar-refractivity contribution < 1.29 is 14.3 Å². The average Bonchev–Trinajstić information content (AvgIpc) is 2.83. The van der Waals surface area contributed by atoms with E-state index in [4.69, 9.17) is 4.74 Å². The molecule has 4 heteroatoms. The van der Waals surface area contributed by atoms with Gasteiger partial charge in [0.25, 0.3) is 0 Å². The minimum Gasteiger partial charge on any atom is -0.492 e. The first-order valence-electron chi connectivity index (χ1n) is 8.00. The molecule has 114 valence electrons. The van der Waals surface area contributed by atoms with Crippen molar-refractivity contribution >= 4 is 17.5 Å². The number of anilines is 1. The van der Waals surface area contributed by atoms with Crippen molar-refractivity contribution in [2.75, 3.05) is 11.5 Å². The van der Waals surface area contributed by atoms with E-state index in [1.54, 1.807) is 6.07 Å². The van der Waals surface area contributed by atoms with Gasteiger partial charge in [0.05, 0.1) is 24.1 Å². The van der Waals surface area contributed by atoms with Gasteiger partial charge in [0.2, 0.25) is 11.8 Å². The molecule has 1 saturated carbocycles. The molecule has 22 heavy (non-hydrogen) atoms. The highest BCUT2D eigenvalue weighted by Crippen LogP contribution is 2.51. The molecule has 4 nitrogen and oxygen atoms in total. The predicted molar refractivity (Wildman–Crippen MR) is 82.4 cm³/mol. The van der Waals surface area contributed by atoms with Gasteiger partial charge < -0.3 is 4.74 Å². The van der Waals surface area contributed by atoms with Gasteiger partial charge in [-0.3, -0.25) is 9.59 Å². The molecule has 2 fully saturated rings. The third-order valence-corrected chi connectivity index (χ3v) is 5.17. The second-order valence-electron chi connectivity index (χ2n) is 6.25. The summed E-state index contributed by atoms with van der Waals surface area (Å²) in [4.78, 5) is 27.2. The standard InChI is InChI=1S/C18H19NO3/c1-2-22-14-6-4-3-5-13(14)19-17(20)15-11-7-8-12(10-9-11)16(15)18(19)21/h3-8,11-12,15-16H,2,9-10H2,1H3/t11-,12+,15?,16?. The number of hydrogen-bond acceptors (Lipinski definition) is 3. The van der Waals surface area contributed by atoms with E-state index in [-0.39, 0.29) is 35.5 Å². The monoisotopic (exact) mass is 297 g/mol. The summed E-state index contributed by atoms with van der Waals surface area (Å²) in [5, 5.41) is 0. The van der Waals surface area contributed by atoms with Crippen molar-refractivity contribution in [2.24, 2.45) is 23.7 Å². The van der Waals surface area contributed by atoms with Crippen LogP contribution >= 0.6 is 0 Å². The molecule has 4 atom stereocenters. The summed E-state index contributed by atoms with van der Waals surface area (Å²) >= 11 is 0. The zero-order valence-corrected chi connectivity index (χ0v) is 12.6. The van der Waals surface area contributed by atoms with Crippen LogP contribution in [0.2, 0.25) is 0 Å². The van der Waals surface area contributed by atoms with Crippen LogP contribution in [0.4, 0.5) is 5.69 Å². The van der Waals surface area contributed by atoms with Gasteiger partial charge >= 0.3 is 0 Å². The van der Waals surface area contributed by atoms with Crippen molar-refractivity contribution in [3.8, 4) is 5.75 Å². The third-order valence-electron chi connectivity index (χ3n) is 5.17. The molecule has 4 aliphatic rings. The van der Waals surface area contributed by atoms with Crippen LogP contribution in [0.5, 0.6) is 5.75 Å². The maximum absolute atomic E-state index is 12.9. The van der Waals surface area contributed by atoms with Crippen LogP contribution in [-0.2, 0) is 9.59 Å². The molecule has 1 heterocycles. The van der Waals surface area contributed by atoms with Crippen molar-refractivity contribution in [3.63, 3.8) is 0 Å². The first-order chi connectivity index (χ1) is 10.7. The maximum atomic E-state index is 12.9. The fourth-order valence-corrected chi connectivity index (χ4v) is 4.23. The molecular weight excluding hydrogens is 278 g/mol. The molecule has 2 bridgehead atoms. The summed E-state index contributed by atoms with van der Waals surface area (Å²) in [7, 11) is 0. The van der Waals surface area contributed by atoms with E-state index in [0.717, 1.165) is 12.8 Å². The number of carbonyl (C=O) groups is 2. The molecule has 1 saturated heterocycles. The van der Waals surface area contributed by atoms with Gasteiger partial charge in [-0.25, -0.2) is 4.90 Å². The number of ether oxygens (including phenoxy) is 1. The van der Waals surface area contributed by atoms with Gasteiger partial charge in [-0.1, -0.05) is 24.3 Å². The molecule has 0 aromatic heterocycles. The Hall–Kier alpha value is -2.10. The van der Waals surface area contributed by atoms with Gasteiger partial charge in [-0.15, -0.1) is 0 Å². The lowest BCUT2D eigenvalue weighted by atomic mass is 9.63. The molecule has 1 aliphatic heterocycles. The molecule has 1 aromatic carbocycles. The van der Waals surface area contributed by atoms with Crippen molar-refractivity contribution in [3.05, 3.63) is 36.4 Å². The number of nitrogens with zero attached hydrogens (tertiary/aromatic N) is 1. The Balaban J connectivity index is 1.76. The predicted octanol–water partition coefficient (Wildman–Crippen LogP) is 2.79. The van der Waals surface area contributed by atoms with E-state index in [2.05, 4.69) is 12.2 Å². The summed E-state index contributed by atoms with van der Waals surface area (Å²) in [5.41, 5.74) is 0.591. The lowest BCUT2D eigenvalue weighted by Gasteiger charge is -2.38. The number of rotatable bonds is 3. The van der Waals surface area contributed by atoms with Gasteiger partial charge in [-0.2, -0.15) is 0 Å². The van der Waals surface area contributed by atoms with E-state index in [9.17, 15) is 9.59 Å². The number of amides is 2. The Morgan fingerprint density at radius 2 is 1.64 bits per heavy atom. The highest BCUT2D eigenvalue weighted by Gasteiger charge is 2.57. The van der Waals surface area contributed by atoms with Crippen LogP contribution in [0.15, 0.2) is 36.4 Å². The fraction of sp³-hybridized carbons (Fsp3) is 0.444. The molecular formula is C18H19NO3. The normalized spacial score (nSPS) is 32.5. The van der Waals surface area contributed by atoms with Gasteiger partial charge in [0.1, 0.15) is 5.75 Å². The molecule has 5 rings (SSSR count). The molecule has 2 unspecified atom stereocenters. The average molecular weight is 297 g/mol. The number of hydrogen-bond donors (Lipinski definition) is 0. The Labute approximate surface area is 129 Å². The molecule has 0 spiro atoms. The van der Waals surface area contributed by atoms with E-state index in [1.807, 2.05) is 25.1 Å². The lowest BCUT2D eigenvalue weighted by Crippen LogP contribution is -2.38. The fourth-order valence-electron chi connectivity index (χ4n) is 4.23. The van der Waals surface area contributed by atoms with Crippen molar-refractivity contribution in [1.29, 1.82) is 0 Å². The number of carbonyl (C=O) groups excluding carboxylic acids is 2. The van der Waals surface area contributed by atoms with Crippen LogP contribution < -0.4 is 9.64 Å². The van der Waals surface area contributed by atoms with E-state index < -0.39 is 0 Å². The Kier molecular flexibility index (Phi) is 3.06. The number of para-hydroxylation sites is 2. The zero-order chi connectivity index (χ0) is 15.3. The number of imide groups is 1. The number of fused-ring (bicyclic) bond motifs is 1. The quantitative estimate of drug-likeness (QED) is 0.636. The van der Waals surface area contributed by atoms with Gasteiger partial charge in [-0.05, 0) is 43.7 Å². The topological polar surface area (TPSA) is 46.6 Å². The van der Waals surface area contributed by atoms with Crippen LogP contribution in [0.25, 0.3) is 0 Å². The summed E-state index contributed by atoms with van der Waals surface area (Å²) in [5.74, 6) is 0.580. The minimum absolute atomic E-state index is 0.0544. The molecule has 1 aromatic rings. The Morgan fingerprint density at radius 1 is 1.05 bits per heavy atom. The van der Waals surface area contributed by atoms with Crippen LogP contribution in [-0.4, -0.2) is 18.4 Å². The van der Waals surface area contributed by atoms with Gasteiger partial charge in [0, 0.05) is 0 Å². The SMILES string of the molecule is CCOc1ccccc1N1C(=O)C2C(C1=O)[C@H]1C=C[C@@H]2CC1. The van der Waals surface area contributed by atoms with Crippen molar-refractivity contribution in [2.45, 2.75) is 19.8 Å². The maximum Gasteiger partial charge on any atom is 0.238 e. The summed E-state index contributed by atoms with van der Waals surface area (Å²) in [6, 6.07) is 7.31. The highest BCUT2D eigenvalue weighted by molar-refractivity contribution is 6.23. The summed E-state index contributed by atoms with van der Waals surface area (Å²) < 4.78 is 5.61. The minimum atomic E-state index is -0.175. The molecule has 2 amide bonds.